The summed E-state index contributed by atoms with van der Waals surface area (Å²) in [6.45, 7) is -0.306. The Bertz CT molecular complexity index is 993. The molecule has 0 radical (unpaired) electrons. The van der Waals surface area contributed by atoms with Crippen molar-refractivity contribution in [3.8, 4) is 17.2 Å². The number of hydrazone groups is 1. The zero-order chi connectivity index (χ0) is 21.5. The van der Waals surface area contributed by atoms with Crippen LogP contribution in [0.2, 0.25) is 0 Å². The minimum absolute atomic E-state index is 0.0267. The molecule has 0 saturated heterocycles. The molecule has 0 unspecified atom stereocenters. The molecule has 0 saturated carbocycles. The molecule has 0 spiro atoms. The van der Waals surface area contributed by atoms with Crippen LogP contribution in [0.5, 0.6) is 17.2 Å². The third-order valence-electron chi connectivity index (χ3n) is 4.03. The predicted octanol–water partition coefficient (Wildman–Crippen LogP) is 1.01. The van der Waals surface area contributed by atoms with Gasteiger partial charge in [0, 0.05) is 11.6 Å². The Kier molecular flexibility index (Phi) is 6.42. The van der Waals surface area contributed by atoms with Crippen molar-refractivity contribution in [2.75, 3.05) is 20.3 Å². The number of hydrogen-bond donors (Lipinski definition) is 2. The lowest BCUT2D eigenvalue weighted by Gasteiger charge is -2.25. The van der Waals surface area contributed by atoms with Crippen LogP contribution in [-0.4, -0.2) is 49.3 Å². The van der Waals surface area contributed by atoms with E-state index < -0.39 is 22.8 Å². The Morgan fingerprint density at radius 3 is 2.80 bits per heavy atom. The summed E-state index contributed by atoms with van der Waals surface area (Å²) < 4.78 is 15.9. The first-order valence-corrected chi connectivity index (χ1v) is 8.78. The molecule has 1 aliphatic heterocycles. The number of nitrogens with one attached hydrogen (secondary N) is 2. The molecule has 1 aliphatic rings. The van der Waals surface area contributed by atoms with Gasteiger partial charge in [-0.05, 0) is 24.3 Å². The second kappa shape index (κ2) is 9.37. The van der Waals surface area contributed by atoms with Crippen molar-refractivity contribution in [1.82, 2.24) is 10.7 Å². The van der Waals surface area contributed by atoms with Gasteiger partial charge in [-0.15, -0.1) is 0 Å². The Morgan fingerprint density at radius 2 is 2.07 bits per heavy atom. The maximum atomic E-state index is 12.2. The molecule has 0 fully saturated rings. The van der Waals surface area contributed by atoms with Gasteiger partial charge in [-0.3, -0.25) is 19.7 Å². The molecule has 11 nitrogen and oxygen atoms in total. The third kappa shape index (κ3) is 5.01. The molecule has 3 rings (SSSR count). The highest BCUT2D eigenvalue weighted by Crippen LogP contribution is 2.30. The molecule has 0 aromatic heterocycles. The van der Waals surface area contributed by atoms with Crippen LogP contribution >= 0.6 is 0 Å². The van der Waals surface area contributed by atoms with E-state index in [1.165, 1.54) is 25.5 Å². The Balaban J connectivity index is 1.48. The number of hydrogen-bond acceptors (Lipinski definition) is 8. The predicted molar refractivity (Wildman–Crippen MR) is 105 cm³/mol. The molecule has 1 heterocycles. The maximum absolute atomic E-state index is 12.2. The Morgan fingerprint density at radius 1 is 1.30 bits per heavy atom. The minimum atomic E-state index is -0.879. The first-order valence-electron chi connectivity index (χ1n) is 8.78. The normalized spacial score (nSPS) is 14.8. The lowest BCUT2D eigenvalue weighted by atomic mass is 10.2. The highest BCUT2D eigenvalue weighted by molar-refractivity contribution is 5.88. The van der Waals surface area contributed by atoms with E-state index in [0.29, 0.717) is 17.1 Å². The molecule has 0 aliphatic carbocycles. The van der Waals surface area contributed by atoms with Crippen molar-refractivity contribution < 1.29 is 28.7 Å². The minimum Gasteiger partial charge on any atom is -0.490 e. The Labute approximate surface area is 170 Å². The standard InChI is InChI=1S/C19H18N4O7/c1-28-14-7-6-12(8-13(14)23(26)27)9-21-22-18(24)10-20-19(25)17-11-29-15-4-2-3-5-16(15)30-17/h2-9,17H,10-11H2,1H3,(H,20,25)(H,22,24)/b21-9+/t17-/m0/s1. The average Bonchev–Trinajstić information content (AvgIpc) is 2.77. The lowest BCUT2D eigenvalue weighted by molar-refractivity contribution is -0.385. The van der Waals surface area contributed by atoms with Gasteiger partial charge < -0.3 is 19.5 Å². The first-order chi connectivity index (χ1) is 14.5. The number of methoxy groups -OCH3 is 1. The van der Waals surface area contributed by atoms with Crippen LogP contribution in [0.1, 0.15) is 5.56 Å². The van der Waals surface area contributed by atoms with Crippen LogP contribution < -0.4 is 25.0 Å². The van der Waals surface area contributed by atoms with Gasteiger partial charge in [0.25, 0.3) is 11.8 Å². The number of fused-ring (bicyclic) bond motifs is 1. The summed E-state index contributed by atoms with van der Waals surface area (Å²) in [6, 6.07) is 11.2. The molecule has 2 N–H and O–H groups in total. The van der Waals surface area contributed by atoms with Crippen molar-refractivity contribution in [3.63, 3.8) is 0 Å². The third-order valence-corrected chi connectivity index (χ3v) is 4.03. The number of nitro benzene ring substituents is 1. The summed E-state index contributed by atoms with van der Waals surface area (Å²) in [7, 11) is 1.33. The molecule has 156 valence electrons. The number of amides is 2. The molecule has 0 bridgehead atoms. The summed E-state index contributed by atoms with van der Waals surface area (Å²) >= 11 is 0. The number of carbonyl (C=O) groups excluding carboxylic acids is 2. The molecule has 11 heteroatoms. The summed E-state index contributed by atoms with van der Waals surface area (Å²) in [6.07, 6.45) is 0.359. The second-order valence-corrected chi connectivity index (χ2v) is 6.06. The van der Waals surface area contributed by atoms with E-state index in [0.717, 1.165) is 0 Å². The summed E-state index contributed by atoms with van der Waals surface area (Å²) in [4.78, 5) is 34.4. The van der Waals surface area contributed by atoms with Crippen LogP contribution in [0.15, 0.2) is 47.6 Å². The maximum Gasteiger partial charge on any atom is 0.311 e. The highest BCUT2D eigenvalue weighted by Gasteiger charge is 2.27. The molecule has 2 aromatic carbocycles. The van der Waals surface area contributed by atoms with E-state index in [9.17, 15) is 19.7 Å². The van der Waals surface area contributed by atoms with Gasteiger partial charge in [0.1, 0.15) is 6.61 Å². The van der Waals surface area contributed by atoms with Crippen molar-refractivity contribution in [3.05, 3.63) is 58.1 Å². The summed E-state index contributed by atoms with van der Waals surface area (Å²) in [5, 5.41) is 17.2. The first kappa shape index (κ1) is 20.6. The van der Waals surface area contributed by atoms with E-state index in [1.54, 1.807) is 30.3 Å². The SMILES string of the molecule is COc1ccc(/C=N/NC(=O)CNC(=O)[C@@H]2COc3ccccc3O2)cc1[N+](=O)[O-]. The Hall–Kier alpha value is -4.15. The summed E-state index contributed by atoms with van der Waals surface area (Å²) in [5.74, 6) is 0.0218. The number of rotatable bonds is 7. The van der Waals surface area contributed by atoms with Crippen LogP contribution in [0.25, 0.3) is 0 Å². The van der Waals surface area contributed by atoms with E-state index >= 15 is 0 Å². The van der Waals surface area contributed by atoms with Crippen LogP contribution in [-0.2, 0) is 9.59 Å². The lowest BCUT2D eigenvalue weighted by Crippen LogP contribution is -2.46. The number of para-hydroxylation sites is 2. The fraction of sp³-hybridized carbons (Fsp3) is 0.211. The number of nitrogens with zero attached hydrogens (tertiary/aromatic N) is 2. The van der Waals surface area contributed by atoms with Gasteiger partial charge in [-0.1, -0.05) is 12.1 Å². The van der Waals surface area contributed by atoms with Crippen LogP contribution in [0.4, 0.5) is 5.69 Å². The number of ether oxygens (including phenoxy) is 3. The van der Waals surface area contributed by atoms with Crippen molar-refractivity contribution >= 4 is 23.7 Å². The number of benzene rings is 2. The van der Waals surface area contributed by atoms with Gasteiger partial charge in [0.05, 0.1) is 24.8 Å². The van der Waals surface area contributed by atoms with Crippen LogP contribution in [0, 0.1) is 10.1 Å². The van der Waals surface area contributed by atoms with Gasteiger partial charge >= 0.3 is 5.69 Å². The van der Waals surface area contributed by atoms with Gasteiger partial charge in [0.15, 0.2) is 17.2 Å². The molecular formula is C19H18N4O7. The highest BCUT2D eigenvalue weighted by atomic mass is 16.6. The average molecular weight is 414 g/mol. The van der Waals surface area contributed by atoms with E-state index in [4.69, 9.17) is 14.2 Å². The smallest absolute Gasteiger partial charge is 0.311 e. The second-order valence-electron chi connectivity index (χ2n) is 6.06. The van der Waals surface area contributed by atoms with Crippen molar-refractivity contribution in [1.29, 1.82) is 0 Å². The zero-order valence-corrected chi connectivity index (χ0v) is 15.9. The quantitative estimate of drug-likeness (QED) is 0.391. The van der Waals surface area contributed by atoms with Crippen LogP contribution in [0.3, 0.4) is 0 Å². The molecule has 2 amide bonds. The van der Waals surface area contributed by atoms with E-state index in [2.05, 4.69) is 15.8 Å². The molecule has 2 aromatic rings. The molecular weight excluding hydrogens is 396 g/mol. The zero-order valence-electron chi connectivity index (χ0n) is 15.9. The monoisotopic (exact) mass is 414 g/mol. The number of carbonyl (C=O) groups is 2. The summed E-state index contributed by atoms with van der Waals surface area (Å²) in [5.41, 5.74) is 2.39. The van der Waals surface area contributed by atoms with Crippen molar-refractivity contribution in [2.24, 2.45) is 5.10 Å². The van der Waals surface area contributed by atoms with Gasteiger partial charge in [-0.2, -0.15) is 5.10 Å². The van der Waals surface area contributed by atoms with Gasteiger partial charge in [-0.25, -0.2) is 5.43 Å². The molecule has 30 heavy (non-hydrogen) atoms. The topological polar surface area (TPSA) is 141 Å². The van der Waals surface area contributed by atoms with Gasteiger partial charge in [0.2, 0.25) is 6.10 Å². The largest absolute Gasteiger partial charge is 0.490 e. The van der Waals surface area contributed by atoms with E-state index in [1.807, 2.05) is 0 Å². The van der Waals surface area contributed by atoms with Crippen molar-refractivity contribution in [2.45, 2.75) is 6.10 Å². The van der Waals surface area contributed by atoms with E-state index in [-0.39, 0.29) is 24.6 Å². The molecule has 1 atom stereocenters. The number of nitro groups is 1. The fourth-order valence-electron chi connectivity index (χ4n) is 2.58. The fourth-order valence-corrected chi connectivity index (χ4v) is 2.58.